The number of aromatic hydroxyl groups is 1. The van der Waals surface area contributed by atoms with Gasteiger partial charge >= 0.3 is 0 Å². The lowest BCUT2D eigenvalue weighted by molar-refractivity contribution is 0.461. The van der Waals surface area contributed by atoms with E-state index in [-0.39, 0.29) is 11.8 Å². The quantitative estimate of drug-likeness (QED) is 0.582. The third-order valence-electron chi connectivity index (χ3n) is 3.15. The van der Waals surface area contributed by atoms with E-state index in [2.05, 4.69) is 10.2 Å². The van der Waals surface area contributed by atoms with Crippen molar-refractivity contribution in [2.45, 2.75) is 6.04 Å². The number of anilines is 1. The summed E-state index contributed by atoms with van der Waals surface area (Å²) in [7, 11) is 0. The molecule has 1 fully saturated rings. The predicted molar refractivity (Wildman–Crippen MR) is 69.2 cm³/mol. The highest BCUT2D eigenvalue weighted by atomic mass is 16.3. The Hall–Kier alpha value is -1.30. The van der Waals surface area contributed by atoms with Crippen LogP contribution in [0.1, 0.15) is 11.6 Å². The third-order valence-corrected chi connectivity index (χ3v) is 3.15. The van der Waals surface area contributed by atoms with Crippen molar-refractivity contribution < 1.29 is 5.11 Å². The molecular weight excluding hydrogens is 216 g/mol. The summed E-state index contributed by atoms with van der Waals surface area (Å²) < 4.78 is 0. The number of nitrogens with zero attached hydrogens (tertiary/aromatic N) is 1. The summed E-state index contributed by atoms with van der Waals surface area (Å²) in [5.74, 6) is 0.235. The lowest BCUT2D eigenvalue weighted by atomic mass is 10.1. The molecule has 17 heavy (non-hydrogen) atoms. The smallest absolute Gasteiger partial charge is 0.122 e. The first-order chi connectivity index (χ1) is 8.22. The van der Waals surface area contributed by atoms with E-state index in [0.29, 0.717) is 12.1 Å². The summed E-state index contributed by atoms with van der Waals surface area (Å²) in [4.78, 5) is 2.24. The largest absolute Gasteiger partial charge is 0.508 e. The molecule has 0 amide bonds. The molecule has 1 heterocycles. The summed E-state index contributed by atoms with van der Waals surface area (Å²) in [6.07, 6.45) is 0. The third kappa shape index (κ3) is 2.69. The Morgan fingerprint density at radius 2 is 2.06 bits per heavy atom. The molecule has 5 heteroatoms. The van der Waals surface area contributed by atoms with Gasteiger partial charge in [0.05, 0.1) is 0 Å². The van der Waals surface area contributed by atoms with Gasteiger partial charge in [-0.15, -0.1) is 0 Å². The van der Waals surface area contributed by atoms with E-state index in [1.54, 1.807) is 6.07 Å². The predicted octanol–water partition coefficient (Wildman–Crippen LogP) is -0.240. The monoisotopic (exact) mass is 236 g/mol. The van der Waals surface area contributed by atoms with Crippen LogP contribution in [0.25, 0.3) is 0 Å². The number of benzene rings is 1. The zero-order valence-corrected chi connectivity index (χ0v) is 9.89. The molecule has 6 N–H and O–H groups in total. The molecule has 2 rings (SSSR count). The van der Waals surface area contributed by atoms with Crippen molar-refractivity contribution in [2.75, 3.05) is 37.6 Å². The number of nitrogens with two attached hydrogens (primary N) is 2. The maximum absolute atomic E-state index is 9.95. The normalized spacial score (nSPS) is 18.1. The summed E-state index contributed by atoms with van der Waals surface area (Å²) in [5.41, 5.74) is 13.1. The highest BCUT2D eigenvalue weighted by molar-refractivity contribution is 5.54. The van der Waals surface area contributed by atoms with E-state index in [4.69, 9.17) is 11.5 Å². The Morgan fingerprint density at radius 1 is 1.35 bits per heavy atom. The number of hydrogen-bond donors (Lipinski definition) is 4. The van der Waals surface area contributed by atoms with Crippen LogP contribution in [0.5, 0.6) is 5.75 Å². The Kier molecular flexibility index (Phi) is 3.83. The van der Waals surface area contributed by atoms with Gasteiger partial charge in [-0.25, -0.2) is 0 Å². The van der Waals surface area contributed by atoms with Crippen molar-refractivity contribution >= 4 is 5.69 Å². The molecule has 1 aliphatic rings. The zero-order valence-electron chi connectivity index (χ0n) is 9.89. The fourth-order valence-corrected chi connectivity index (χ4v) is 2.09. The first-order valence-electron chi connectivity index (χ1n) is 5.96. The van der Waals surface area contributed by atoms with Gasteiger partial charge in [-0.2, -0.15) is 0 Å². The molecule has 94 valence electrons. The van der Waals surface area contributed by atoms with Crippen LogP contribution in [0.3, 0.4) is 0 Å². The van der Waals surface area contributed by atoms with Gasteiger partial charge in [0, 0.05) is 56.1 Å². The van der Waals surface area contributed by atoms with Gasteiger partial charge in [-0.05, 0) is 6.07 Å². The SMILES string of the molecule is NC[C@@H](N)c1ccc(N2CCNCC2)cc1O. The van der Waals surface area contributed by atoms with Gasteiger partial charge in [0.25, 0.3) is 0 Å². The van der Waals surface area contributed by atoms with Crippen LogP contribution in [0, 0.1) is 0 Å². The van der Waals surface area contributed by atoms with Crippen molar-refractivity contribution in [1.82, 2.24) is 5.32 Å². The van der Waals surface area contributed by atoms with E-state index in [1.165, 1.54) is 0 Å². The summed E-state index contributed by atoms with van der Waals surface area (Å²) in [6, 6.07) is 5.34. The van der Waals surface area contributed by atoms with Crippen molar-refractivity contribution in [2.24, 2.45) is 11.5 Å². The van der Waals surface area contributed by atoms with E-state index < -0.39 is 0 Å². The van der Waals surface area contributed by atoms with Crippen LogP contribution >= 0.6 is 0 Å². The van der Waals surface area contributed by atoms with Crippen LogP contribution in [0.2, 0.25) is 0 Å². The molecule has 0 aromatic heterocycles. The number of piperazine rings is 1. The minimum Gasteiger partial charge on any atom is -0.508 e. The molecule has 0 bridgehead atoms. The van der Waals surface area contributed by atoms with Gasteiger partial charge in [-0.3, -0.25) is 0 Å². The van der Waals surface area contributed by atoms with Crippen LogP contribution in [0.4, 0.5) is 5.69 Å². The van der Waals surface area contributed by atoms with Gasteiger partial charge < -0.3 is 26.8 Å². The van der Waals surface area contributed by atoms with Gasteiger partial charge in [0.2, 0.25) is 0 Å². The molecule has 1 aliphatic heterocycles. The van der Waals surface area contributed by atoms with Crippen LogP contribution in [0.15, 0.2) is 18.2 Å². The minimum atomic E-state index is -0.299. The fourth-order valence-electron chi connectivity index (χ4n) is 2.09. The topological polar surface area (TPSA) is 87.5 Å². The first-order valence-corrected chi connectivity index (χ1v) is 5.96. The van der Waals surface area contributed by atoms with E-state index in [9.17, 15) is 5.11 Å². The second kappa shape index (κ2) is 5.35. The zero-order chi connectivity index (χ0) is 12.3. The Balaban J connectivity index is 2.17. The highest BCUT2D eigenvalue weighted by Gasteiger charge is 2.14. The van der Waals surface area contributed by atoms with Gasteiger partial charge in [0.1, 0.15) is 5.75 Å². The van der Waals surface area contributed by atoms with Crippen LogP contribution in [-0.2, 0) is 0 Å². The Bertz CT molecular complexity index is 377. The number of rotatable bonds is 3. The molecule has 1 aromatic rings. The Labute approximate surface area is 101 Å². The number of nitrogens with one attached hydrogen (secondary N) is 1. The standard InChI is InChI=1S/C12H20N4O/c13-8-11(14)10-2-1-9(7-12(10)17)16-5-3-15-4-6-16/h1-2,7,11,15,17H,3-6,8,13-14H2/t11-/m1/s1. The minimum absolute atomic E-state index is 0.235. The van der Waals surface area contributed by atoms with E-state index in [0.717, 1.165) is 31.9 Å². The lowest BCUT2D eigenvalue weighted by Gasteiger charge is -2.30. The summed E-state index contributed by atoms with van der Waals surface area (Å²) in [6.45, 7) is 4.21. The van der Waals surface area contributed by atoms with Crippen molar-refractivity contribution in [3.63, 3.8) is 0 Å². The second-order valence-corrected chi connectivity index (χ2v) is 4.32. The van der Waals surface area contributed by atoms with Crippen molar-refractivity contribution in [1.29, 1.82) is 0 Å². The molecule has 0 saturated carbocycles. The molecule has 1 aromatic carbocycles. The molecular formula is C12H20N4O. The fraction of sp³-hybridized carbons (Fsp3) is 0.500. The van der Waals surface area contributed by atoms with Gasteiger partial charge in [-0.1, -0.05) is 6.07 Å². The molecule has 1 saturated heterocycles. The first kappa shape index (κ1) is 12.2. The molecule has 0 spiro atoms. The maximum Gasteiger partial charge on any atom is 0.122 e. The molecule has 0 aliphatic carbocycles. The van der Waals surface area contributed by atoms with E-state index in [1.807, 2.05) is 12.1 Å². The van der Waals surface area contributed by atoms with Crippen LogP contribution in [-0.4, -0.2) is 37.8 Å². The molecule has 1 atom stereocenters. The molecule has 0 radical (unpaired) electrons. The van der Waals surface area contributed by atoms with E-state index >= 15 is 0 Å². The molecule has 0 unspecified atom stereocenters. The second-order valence-electron chi connectivity index (χ2n) is 4.32. The number of phenols is 1. The average molecular weight is 236 g/mol. The number of phenolic OH excluding ortho intramolecular Hbond substituents is 1. The number of hydrogen-bond acceptors (Lipinski definition) is 5. The van der Waals surface area contributed by atoms with Crippen LogP contribution < -0.4 is 21.7 Å². The Morgan fingerprint density at radius 3 is 2.65 bits per heavy atom. The molecule has 5 nitrogen and oxygen atoms in total. The average Bonchev–Trinajstić information content (AvgIpc) is 2.39. The highest BCUT2D eigenvalue weighted by Crippen LogP contribution is 2.28. The van der Waals surface area contributed by atoms with Crippen molar-refractivity contribution in [3.8, 4) is 5.75 Å². The maximum atomic E-state index is 9.95. The summed E-state index contributed by atoms with van der Waals surface area (Å²) >= 11 is 0. The lowest BCUT2D eigenvalue weighted by Crippen LogP contribution is -2.43. The van der Waals surface area contributed by atoms with Gasteiger partial charge in [0.15, 0.2) is 0 Å². The summed E-state index contributed by atoms with van der Waals surface area (Å²) in [5, 5.41) is 13.2. The van der Waals surface area contributed by atoms with Crippen molar-refractivity contribution in [3.05, 3.63) is 23.8 Å².